The van der Waals surface area contributed by atoms with E-state index in [1.807, 2.05) is 13.0 Å². The number of hydrogen-bond acceptors (Lipinski definition) is 6. The largest absolute Gasteiger partial charge is 0.466 e. The molecule has 0 aliphatic heterocycles. The Morgan fingerprint density at radius 3 is 2.94 bits per heavy atom. The van der Waals surface area contributed by atoms with Crippen LogP contribution in [0.1, 0.15) is 19.7 Å². The molecule has 6 heteroatoms. The highest BCUT2D eigenvalue weighted by Gasteiger charge is 2.04. The molecule has 0 radical (unpaired) electrons. The van der Waals surface area contributed by atoms with Crippen LogP contribution in [0.15, 0.2) is 16.0 Å². The third-order valence-electron chi connectivity index (χ3n) is 1.87. The average Bonchev–Trinajstić information content (AvgIpc) is 2.75. The molecule has 0 fully saturated rings. The number of aryl methyl sites for hydroxylation is 1. The molecule has 0 atom stereocenters. The molecule has 88 valence electrons. The van der Waals surface area contributed by atoms with Crippen molar-refractivity contribution >= 4 is 29.3 Å². The van der Waals surface area contributed by atoms with E-state index in [4.69, 9.17) is 0 Å². The van der Waals surface area contributed by atoms with Crippen LogP contribution < -0.4 is 0 Å². The smallest absolute Gasteiger partial charge is 0.333 e. The zero-order chi connectivity index (χ0) is 12.0. The van der Waals surface area contributed by atoms with E-state index in [-0.39, 0.29) is 5.97 Å². The lowest BCUT2D eigenvalue weighted by atomic mass is 10.3. The van der Waals surface area contributed by atoms with E-state index in [0.717, 1.165) is 16.6 Å². The van der Waals surface area contributed by atoms with Crippen molar-refractivity contribution in [2.75, 3.05) is 12.9 Å². The molecule has 0 aromatic carbocycles. The number of nitrogens with zero attached hydrogens (tertiary/aromatic N) is 2. The fourth-order valence-electron chi connectivity index (χ4n) is 0.922. The third-order valence-corrected chi connectivity index (χ3v) is 3.67. The third kappa shape index (κ3) is 3.94. The number of esters is 1. The number of thioether (sulfide) groups is 1. The summed E-state index contributed by atoms with van der Waals surface area (Å²) in [6.45, 7) is 3.77. The quantitative estimate of drug-likeness (QED) is 0.461. The Labute approximate surface area is 103 Å². The lowest BCUT2D eigenvalue weighted by molar-refractivity contribution is -0.136. The van der Waals surface area contributed by atoms with Crippen LogP contribution in [-0.4, -0.2) is 28.2 Å². The molecule has 0 saturated carbocycles. The van der Waals surface area contributed by atoms with Crippen LogP contribution >= 0.6 is 23.3 Å². The SMILES string of the molecule is CCc1nsc(SCC=C(C)C(=O)OC)n1. The summed E-state index contributed by atoms with van der Waals surface area (Å²) in [6, 6.07) is 0. The molecule has 1 aromatic heterocycles. The molecule has 4 nitrogen and oxygen atoms in total. The Balaban J connectivity index is 2.43. The standard InChI is InChI=1S/C10H14N2O2S2/c1-4-8-11-10(16-12-8)15-6-5-7(2)9(13)14-3/h5H,4,6H2,1-3H3. The van der Waals surface area contributed by atoms with Crippen LogP contribution in [-0.2, 0) is 16.0 Å². The zero-order valence-electron chi connectivity index (χ0n) is 9.52. The van der Waals surface area contributed by atoms with Crippen molar-refractivity contribution in [2.45, 2.75) is 24.6 Å². The van der Waals surface area contributed by atoms with Gasteiger partial charge in [0.2, 0.25) is 0 Å². The summed E-state index contributed by atoms with van der Waals surface area (Å²) in [4.78, 5) is 15.4. The first kappa shape index (κ1) is 13.2. The van der Waals surface area contributed by atoms with Gasteiger partial charge in [-0.25, -0.2) is 9.78 Å². The molecule has 0 saturated heterocycles. The van der Waals surface area contributed by atoms with Gasteiger partial charge in [0, 0.05) is 17.7 Å². The van der Waals surface area contributed by atoms with Crippen molar-refractivity contribution in [2.24, 2.45) is 0 Å². The van der Waals surface area contributed by atoms with Gasteiger partial charge in [0.05, 0.1) is 7.11 Å². The fourth-order valence-corrected chi connectivity index (χ4v) is 2.59. The van der Waals surface area contributed by atoms with Gasteiger partial charge in [-0.1, -0.05) is 24.8 Å². The second-order valence-corrected chi connectivity index (χ2v) is 5.04. The van der Waals surface area contributed by atoms with E-state index < -0.39 is 0 Å². The van der Waals surface area contributed by atoms with Crippen molar-refractivity contribution in [3.05, 3.63) is 17.5 Å². The van der Waals surface area contributed by atoms with Gasteiger partial charge in [0.1, 0.15) is 5.82 Å². The summed E-state index contributed by atoms with van der Waals surface area (Å²) in [5, 5.41) is 0. The van der Waals surface area contributed by atoms with Crippen molar-refractivity contribution in [3.8, 4) is 0 Å². The monoisotopic (exact) mass is 258 g/mol. The Morgan fingerprint density at radius 2 is 2.38 bits per heavy atom. The minimum atomic E-state index is -0.285. The highest BCUT2D eigenvalue weighted by molar-refractivity contribution is 8.01. The molecular formula is C10H14N2O2S2. The molecule has 1 rings (SSSR count). The first-order chi connectivity index (χ1) is 7.67. The summed E-state index contributed by atoms with van der Waals surface area (Å²) in [7, 11) is 1.38. The van der Waals surface area contributed by atoms with E-state index in [2.05, 4.69) is 14.1 Å². The maximum Gasteiger partial charge on any atom is 0.333 e. The minimum absolute atomic E-state index is 0.285. The molecule has 0 amide bonds. The number of carbonyl (C=O) groups excluding carboxylic acids is 1. The average molecular weight is 258 g/mol. The van der Waals surface area contributed by atoms with Crippen LogP contribution in [0.2, 0.25) is 0 Å². The van der Waals surface area contributed by atoms with E-state index in [1.165, 1.54) is 18.6 Å². The molecule has 16 heavy (non-hydrogen) atoms. The molecule has 0 aliphatic rings. The van der Waals surface area contributed by atoms with Gasteiger partial charge in [-0.2, -0.15) is 4.37 Å². The van der Waals surface area contributed by atoms with Gasteiger partial charge < -0.3 is 4.74 Å². The molecule has 1 aromatic rings. The molecule has 0 spiro atoms. The van der Waals surface area contributed by atoms with Crippen molar-refractivity contribution < 1.29 is 9.53 Å². The lowest BCUT2D eigenvalue weighted by Crippen LogP contribution is -2.01. The second kappa shape index (κ2) is 6.65. The van der Waals surface area contributed by atoms with Crippen LogP contribution in [0.3, 0.4) is 0 Å². The first-order valence-electron chi connectivity index (χ1n) is 4.87. The number of aromatic nitrogens is 2. The van der Waals surface area contributed by atoms with Gasteiger partial charge in [0.25, 0.3) is 0 Å². The summed E-state index contributed by atoms with van der Waals surface area (Å²) >= 11 is 2.97. The summed E-state index contributed by atoms with van der Waals surface area (Å²) in [5.41, 5.74) is 0.621. The van der Waals surface area contributed by atoms with Gasteiger partial charge >= 0.3 is 5.97 Å². The molecular weight excluding hydrogens is 244 g/mol. The second-order valence-electron chi connectivity index (χ2n) is 3.02. The van der Waals surface area contributed by atoms with Crippen LogP contribution in [0.4, 0.5) is 0 Å². The Hall–Kier alpha value is -0.880. The van der Waals surface area contributed by atoms with E-state index >= 15 is 0 Å². The molecule has 0 bridgehead atoms. The molecule has 0 N–H and O–H groups in total. The highest BCUT2D eigenvalue weighted by atomic mass is 32.2. The van der Waals surface area contributed by atoms with Gasteiger partial charge in [0.15, 0.2) is 4.34 Å². The van der Waals surface area contributed by atoms with E-state index in [0.29, 0.717) is 11.3 Å². The fraction of sp³-hybridized carbons (Fsp3) is 0.500. The van der Waals surface area contributed by atoms with Gasteiger partial charge in [-0.15, -0.1) is 0 Å². The zero-order valence-corrected chi connectivity index (χ0v) is 11.2. The van der Waals surface area contributed by atoms with E-state index in [1.54, 1.807) is 18.7 Å². The van der Waals surface area contributed by atoms with Crippen molar-refractivity contribution in [1.29, 1.82) is 0 Å². The summed E-state index contributed by atoms with van der Waals surface area (Å²) in [5.74, 6) is 1.30. The topological polar surface area (TPSA) is 52.1 Å². The predicted molar refractivity (Wildman–Crippen MR) is 65.8 cm³/mol. The Morgan fingerprint density at radius 1 is 1.62 bits per heavy atom. The van der Waals surface area contributed by atoms with Crippen LogP contribution in [0.5, 0.6) is 0 Å². The Kier molecular flexibility index (Phi) is 5.48. The minimum Gasteiger partial charge on any atom is -0.466 e. The summed E-state index contributed by atoms with van der Waals surface area (Å²) in [6.07, 6.45) is 2.69. The normalized spacial score (nSPS) is 11.6. The number of rotatable bonds is 5. The lowest BCUT2D eigenvalue weighted by Gasteiger charge is -1.97. The maximum atomic E-state index is 11.1. The number of hydrogen-bond donors (Lipinski definition) is 0. The molecule has 0 unspecified atom stereocenters. The number of carbonyl (C=O) groups is 1. The number of methoxy groups -OCH3 is 1. The summed E-state index contributed by atoms with van der Waals surface area (Å²) < 4.78 is 9.71. The number of ether oxygens (including phenoxy) is 1. The van der Waals surface area contributed by atoms with Gasteiger partial charge in [-0.05, 0) is 18.5 Å². The van der Waals surface area contributed by atoms with Crippen molar-refractivity contribution in [1.82, 2.24) is 9.36 Å². The van der Waals surface area contributed by atoms with Crippen LogP contribution in [0.25, 0.3) is 0 Å². The molecule has 0 aliphatic carbocycles. The molecule has 1 heterocycles. The predicted octanol–water partition coefficient (Wildman–Crippen LogP) is 2.31. The Bertz CT molecular complexity index is 388. The van der Waals surface area contributed by atoms with Crippen molar-refractivity contribution in [3.63, 3.8) is 0 Å². The first-order valence-corrected chi connectivity index (χ1v) is 6.63. The van der Waals surface area contributed by atoms with E-state index in [9.17, 15) is 4.79 Å². The van der Waals surface area contributed by atoms with Crippen LogP contribution in [0, 0.1) is 0 Å². The maximum absolute atomic E-state index is 11.1. The van der Waals surface area contributed by atoms with Gasteiger partial charge in [-0.3, -0.25) is 0 Å². The highest BCUT2D eigenvalue weighted by Crippen LogP contribution is 2.20.